The lowest BCUT2D eigenvalue weighted by Gasteiger charge is -2.49. The zero-order valence-corrected chi connectivity index (χ0v) is 38.6. The van der Waals surface area contributed by atoms with Crippen molar-refractivity contribution in [2.75, 3.05) is 39.6 Å². The molecule has 0 spiro atoms. The first-order valence-corrected chi connectivity index (χ1v) is 23.0. The molecule has 0 aromatic heterocycles. The molecule has 0 bridgehead atoms. The predicted molar refractivity (Wildman–Crippen MR) is 224 cm³/mol. The molecule has 428 valence electrons. The zero-order chi connectivity index (χ0) is 54.9. The largest absolute Gasteiger partial charge is 0.454 e. The molecule has 0 radical (unpaired) electrons. The topological polar surface area (TPSA) is 521 Å². The van der Waals surface area contributed by atoms with E-state index < -0.39 is 239 Å². The van der Waals surface area contributed by atoms with Crippen molar-refractivity contribution in [3.8, 4) is 5.75 Å². The smallest absolute Gasteiger partial charge is 0.317 e. The van der Waals surface area contributed by atoms with Crippen LogP contribution in [0, 0.1) is 20.2 Å². The lowest BCUT2D eigenvalue weighted by molar-refractivity contribution is -0.396. The molecule has 0 unspecified atom stereocenters. The maximum atomic E-state index is 16.0. The van der Waals surface area contributed by atoms with E-state index in [1.165, 1.54) is 0 Å². The van der Waals surface area contributed by atoms with Gasteiger partial charge in [0, 0.05) is 6.07 Å². The van der Waals surface area contributed by atoms with Crippen molar-refractivity contribution in [3.63, 3.8) is 0 Å². The van der Waals surface area contributed by atoms with Gasteiger partial charge >= 0.3 is 5.69 Å². The highest BCUT2D eigenvalue weighted by Gasteiger charge is 2.57. The molecule has 6 saturated heterocycles. The number of rotatable bonds is 18. The minimum absolute atomic E-state index is 0.503. The second kappa shape index (κ2) is 25.2. The standard InChI is InChI=1S/C40H59FN2O32/c41-19-23(51)32(16(5-45)70-35(19)68-14-2-1-10(42(60)61)3-11(14)43(62)63)73-39-30(58)25(53)34(18(71-39)9-67-37-28(56)21(49)13(47)7-65-37)75-40-31(59)26(54)33(74-38-29(57)24(52)22(50)15(4-44)69-38)17(72-40)8-66-36-27(55)20(48)12(46)6-64-36/h1-3,12-13,15-40,44-59H,4-9H2/t12-,13-,15-,16-,17-,18-,19-,20+,21+,22-,23-,24+,25-,26-,27-,28-,29-,30-,31-,32-,33-,34-,35-,36-,37-,38+,39+,40+/m1/s1. The van der Waals surface area contributed by atoms with Crippen molar-refractivity contribution in [3.05, 3.63) is 38.4 Å². The highest BCUT2D eigenvalue weighted by molar-refractivity contribution is 5.53. The Labute approximate surface area is 419 Å². The molecule has 1 aromatic carbocycles. The number of hydrogen-bond donors (Lipinski definition) is 16. The quantitative estimate of drug-likeness (QED) is 0.0479. The summed E-state index contributed by atoms with van der Waals surface area (Å²) in [4.78, 5) is 20.9. The summed E-state index contributed by atoms with van der Waals surface area (Å²) in [5.74, 6) is -0.758. The average Bonchev–Trinajstić information content (AvgIpc) is 3.38. The SMILES string of the molecule is O=[N+]([O-])c1ccc(O[C@@H]2O[C@H](CO)[C@@H](O[C@@H]3O[C@H](CO[C@H]4OC[C@@H](O)[C@H](O)[C@H]4O)[C@@H](O[C@@H]4O[C@H](CO[C@H]5OC[C@@H](O)[C@H](O)[C@H]5O)[C@@H](O[C@@H]5O[C@H](CO)[C@@H](O)[C@H](O)[C@H]5O)[C@H](O)[C@H]4O)[C@H](O)[C@H]3O)[C@H](O)[C@H]2F)c([N+](=O)[O-])c1. The first-order chi connectivity index (χ1) is 35.5. The predicted octanol–water partition coefficient (Wildman–Crippen LogP) is -9.94. The van der Waals surface area contributed by atoms with E-state index in [-0.39, 0.29) is 0 Å². The van der Waals surface area contributed by atoms with Gasteiger partial charge in [0.15, 0.2) is 37.6 Å². The van der Waals surface area contributed by atoms with Crippen molar-refractivity contribution < 1.29 is 153 Å². The van der Waals surface area contributed by atoms with E-state index in [1.54, 1.807) is 0 Å². The van der Waals surface area contributed by atoms with Gasteiger partial charge in [-0.15, -0.1) is 0 Å². The van der Waals surface area contributed by atoms with E-state index in [0.717, 1.165) is 12.1 Å². The molecule has 35 heteroatoms. The molecule has 6 fully saturated rings. The highest BCUT2D eigenvalue weighted by atomic mass is 19.1. The minimum Gasteiger partial charge on any atom is -0.454 e. The van der Waals surface area contributed by atoms with E-state index in [4.69, 9.17) is 56.8 Å². The number of alkyl halides is 1. The average molecular weight is 1100 g/mol. The van der Waals surface area contributed by atoms with Gasteiger partial charge in [-0.25, -0.2) is 4.39 Å². The summed E-state index contributed by atoms with van der Waals surface area (Å²) < 4.78 is 82.9. The number of nitro groups is 2. The van der Waals surface area contributed by atoms with E-state index in [2.05, 4.69) is 0 Å². The Morgan fingerprint density at radius 3 is 1.35 bits per heavy atom. The Morgan fingerprint density at radius 2 is 0.907 bits per heavy atom. The third-order valence-corrected chi connectivity index (χ3v) is 13.1. The molecule has 0 amide bonds. The van der Waals surface area contributed by atoms with Crippen LogP contribution in [-0.2, 0) is 52.1 Å². The molecule has 7 rings (SSSR count). The molecular weight excluding hydrogens is 1040 g/mol. The van der Waals surface area contributed by atoms with E-state index in [1.807, 2.05) is 0 Å². The second-order valence-electron chi connectivity index (χ2n) is 18.2. The van der Waals surface area contributed by atoms with Crippen LogP contribution in [0.4, 0.5) is 15.8 Å². The number of benzene rings is 1. The fourth-order valence-electron chi connectivity index (χ4n) is 8.80. The van der Waals surface area contributed by atoms with Gasteiger partial charge in [0.1, 0.15) is 128 Å². The highest BCUT2D eigenvalue weighted by Crippen LogP contribution is 2.38. The summed E-state index contributed by atoms with van der Waals surface area (Å²) >= 11 is 0. The van der Waals surface area contributed by atoms with E-state index >= 15 is 4.39 Å². The van der Waals surface area contributed by atoms with Gasteiger partial charge in [0.05, 0.1) is 55.6 Å². The monoisotopic (exact) mass is 1100 g/mol. The summed E-state index contributed by atoms with van der Waals surface area (Å²) in [5, 5.41) is 193. The molecular formula is C40H59FN2O32. The van der Waals surface area contributed by atoms with Crippen LogP contribution in [0.3, 0.4) is 0 Å². The fourth-order valence-corrected chi connectivity index (χ4v) is 8.80. The first kappa shape index (κ1) is 59.3. The van der Waals surface area contributed by atoms with Crippen molar-refractivity contribution in [2.24, 2.45) is 0 Å². The van der Waals surface area contributed by atoms with Gasteiger partial charge in [0.25, 0.3) is 5.69 Å². The van der Waals surface area contributed by atoms with Crippen LogP contribution in [0.5, 0.6) is 5.75 Å². The Hall–Kier alpha value is -3.33. The third kappa shape index (κ3) is 12.8. The normalized spacial score (nSPS) is 46.7. The van der Waals surface area contributed by atoms with E-state index in [9.17, 15) is 102 Å². The van der Waals surface area contributed by atoms with Gasteiger partial charge in [-0.3, -0.25) is 20.2 Å². The van der Waals surface area contributed by atoms with Crippen LogP contribution >= 0.6 is 0 Å². The number of nitrogens with zero attached hydrogens (tertiary/aromatic N) is 2. The van der Waals surface area contributed by atoms with Crippen LogP contribution in [0.15, 0.2) is 18.2 Å². The number of hydrogen-bond acceptors (Lipinski definition) is 32. The number of nitro benzene ring substituents is 2. The molecule has 16 N–H and O–H groups in total. The number of ether oxygens (including phenoxy) is 12. The first-order valence-electron chi connectivity index (χ1n) is 23.0. The lowest BCUT2D eigenvalue weighted by atomic mass is 9.95. The van der Waals surface area contributed by atoms with Crippen LogP contribution in [0.1, 0.15) is 0 Å². The van der Waals surface area contributed by atoms with Gasteiger partial charge in [-0.05, 0) is 6.07 Å². The number of aliphatic hydroxyl groups is 16. The summed E-state index contributed by atoms with van der Waals surface area (Å²) in [6.07, 6.45) is -56.3. The zero-order valence-electron chi connectivity index (χ0n) is 38.6. The summed E-state index contributed by atoms with van der Waals surface area (Å²) in [5.41, 5.74) is -1.75. The van der Waals surface area contributed by atoms with Gasteiger partial charge < -0.3 is 139 Å². The molecule has 0 aliphatic carbocycles. The Kier molecular flexibility index (Phi) is 19.9. The second-order valence-corrected chi connectivity index (χ2v) is 18.2. The molecule has 6 heterocycles. The molecule has 1 aromatic rings. The van der Waals surface area contributed by atoms with Gasteiger partial charge in [0.2, 0.25) is 12.0 Å². The fraction of sp³-hybridized carbons (Fsp3) is 0.850. The van der Waals surface area contributed by atoms with Crippen LogP contribution in [-0.4, -0.2) is 303 Å². The van der Waals surface area contributed by atoms with Crippen molar-refractivity contribution in [1.82, 2.24) is 0 Å². The minimum atomic E-state index is -2.72. The van der Waals surface area contributed by atoms with Crippen LogP contribution in [0.2, 0.25) is 0 Å². The summed E-state index contributed by atoms with van der Waals surface area (Å²) in [7, 11) is 0. The van der Waals surface area contributed by atoms with Crippen molar-refractivity contribution in [2.45, 2.75) is 172 Å². The van der Waals surface area contributed by atoms with Crippen molar-refractivity contribution in [1.29, 1.82) is 0 Å². The number of aliphatic hydroxyl groups excluding tert-OH is 16. The van der Waals surface area contributed by atoms with Crippen molar-refractivity contribution >= 4 is 11.4 Å². The number of non-ortho nitro benzene ring substituents is 1. The molecule has 6 aliphatic heterocycles. The maximum Gasteiger partial charge on any atom is 0.317 e. The molecule has 75 heavy (non-hydrogen) atoms. The van der Waals surface area contributed by atoms with Gasteiger partial charge in [-0.1, -0.05) is 0 Å². The van der Waals surface area contributed by atoms with E-state index in [0.29, 0.717) is 6.07 Å². The molecule has 6 aliphatic rings. The third-order valence-electron chi connectivity index (χ3n) is 13.1. The molecule has 34 nitrogen and oxygen atoms in total. The lowest BCUT2D eigenvalue weighted by Crippen LogP contribution is -2.68. The number of halogens is 1. The molecule has 0 saturated carbocycles. The van der Waals surface area contributed by atoms with Gasteiger partial charge in [-0.2, -0.15) is 0 Å². The van der Waals surface area contributed by atoms with Crippen LogP contribution < -0.4 is 4.74 Å². The summed E-state index contributed by atoms with van der Waals surface area (Å²) in [6, 6.07) is 2.04. The van der Waals surface area contributed by atoms with Crippen LogP contribution in [0.25, 0.3) is 0 Å². The molecule has 28 atom stereocenters. The Morgan fingerprint density at radius 1 is 0.493 bits per heavy atom. The maximum absolute atomic E-state index is 16.0. The Bertz CT molecular complexity index is 2040. The Balaban J connectivity index is 1.12. The summed E-state index contributed by atoms with van der Waals surface area (Å²) in [6.45, 7) is -5.01.